The molecule has 0 saturated carbocycles. The van der Waals surface area contributed by atoms with Crippen molar-refractivity contribution in [2.45, 2.75) is 13.0 Å². The largest absolute Gasteiger partial charge is 0.368 e. The van der Waals surface area contributed by atoms with Crippen LogP contribution in [0, 0.1) is 0 Å². The highest BCUT2D eigenvalue weighted by molar-refractivity contribution is 6.30. The van der Waals surface area contributed by atoms with Crippen molar-refractivity contribution in [3.05, 3.63) is 82.8 Å². The van der Waals surface area contributed by atoms with Gasteiger partial charge in [-0.1, -0.05) is 29.8 Å². The molecular formula is C19H18ClN5O. The van der Waals surface area contributed by atoms with E-state index < -0.39 is 0 Å². The lowest BCUT2D eigenvalue weighted by molar-refractivity contribution is 0.0945. The molecule has 0 radical (unpaired) electrons. The SMILES string of the molecule is O=C(NCc1cccnc1)c1ccc(NCCc2ccc(Cl)cc2)nn1. The third-order valence-electron chi connectivity index (χ3n) is 3.71. The van der Waals surface area contributed by atoms with Gasteiger partial charge in [0.2, 0.25) is 0 Å². The molecular weight excluding hydrogens is 350 g/mol. The van der Waals surface area contributed by atoms with E-state index in [4.69, 9.17) is 11.6 Å². The Morgan fingerprint density at radius 2 is 1.85 bits per heavy atom. The molecule has 0 fully saturated rings. The number of carbonyl (C=O) groups is 1. The van der Waals surface area contributed by atoms with E-state index in [1.807, 2.05) is 36.4 Å². The Balaban J connectivity index is 1.46. The molecule has 3 aromatic rings. The van der Waals surface area contributed by atoms with Crippen LogP contribution in [-0.2, 0) is 13.0 Å². The zero-order chi connectivity index (χ0) is 18.2. The van der Waals surface area contributed by atoms with Gasteiger partial charge < -0.3 is 10.6 Å². The number of nitrogens with one attached hydrogen (secondary N) is 2. The van der Waals surface area contributed by atoms with Gasteiger partial charge in [-0.3, -0.25) is 9.78 Å². The molecule has 0 saturated heterocycles. The second-order valence-electron chi connectivity index (χ2n) is 5.65. The van der Waals surface area contributed by atoms with Crippen LogP contribution in [0.1, 0.15) is 21.6 Å². The Hall–Kier alpha value is -2.99. The molecule has 2 aromatic heterocycles. The first-order valence-corrected chi connectivity index (χ1v) is 8.57. The molecule has 0 spiro atoms. The second-order valence-corrected chi connectivity index (χ2v) is 6.09. The fourth-order valence-corrected chi connectivity index (χ4v) is 2.44. The van der Waals surface area contributed by atoms with E-state index in [2.05, 4.69) is 25.8 Å². The highest BCUT2D eigenvalue weighted by Gasteiger charge is 2.08. The van der Waals surface area contributed by atoms with Crippen LogP contribution < -0.4 is 10.6 Å². The van der Waals surface area contributed by atoms with Gasteiger partial charge in [-0.15, -0.1) is 10.2 Å². The van der Waals surface area contributed by atoms with Crippen LogP contribution in [-0.4, -0.2) is 27.6 Å². The molecule has 1 aromatic carbocycles. The number of benzene rings is 1. The Morgan fingerprint density at radius 3 is 2.54 bits per heavy atom. The summed E-state index contributed by atoms with van der Waals surface area (Å²) in [5.74, 6) is 0.358. The van der Waals surface area contributed by atoms with Gasteiger partial charge in [0, 0.05) is 30.5 Å². The van der Waals surface area contributed by atoms with Crippen molar-refractivity contribution in [1.82, 2.24) is 20.5 Å². The smallest absolute Gasteiger partial charge is 0.272 e. The van der Waals surface area contributed by atoms with Gasteiger partial charge in [0.25, 0.3) is 5.91 Å². The first-order valence-electron chi connectivity index (χ1n) is 8.20. The summed E-state index contributed by atoms with van der Waals surface area (Å²) in [7, 11) is 0. The number of nitrogens with zero attached hydrogens (tertiary/aromatic N) is 3. The van der Waals surface area contributed by atoms with Gasteiger partial charge in [-0.25, -0.2) is 0 Å². The zero-order valence-electron chi connectivity index (χ0n) is 14.0. The maximum absolute atomic E-state index is 12.1. The number of pyridine rings is 1. The lowest BCUT2D eigenvalue weighted by Gasteiger charge is -2.07. The van der Waals surface area contributed by atoms with Gasteiger partial charge in [0.1, 0.15) is 5.82 Å². The van der Waals surface area contributed by atoms with Gasteiger partial charge in [0.05, 0.1) is 0 Å². The third kappa shape index (κ3) is 5.26. The number of amides is 1. The number of aromatic nitrogens is 3. The van der Waals surface area contributed by atoms with Crippen LogP contribution in [0.5, 0.6) is 0 Å². The molecule has 0 aliphatic rings. The van der Waals surface area contributed by atoms with Crippen molar-refractivity contribution >= 4 is 23.3 Å². The first kappa shape index (κ1) is 17.8. The number of carbonyl (C=O) groups excluding carboxylic acids is 1. The maximum atomic E-state index is 12.1. The van der Waals surface area contributed by atoms with E-state index in [-0.39, 0.29) is 11.6 Å². The lowest BCUT2D eigenvalue weighted by Crippen LogP contribution is -2.24. The molecule has 1 amide bonds. The van der Waals surface area contributed by atoms with Crippen molar-refractivity contribution in [3.63, 3.8) is 0 Å². The minimum Gasteiger partial charge on any atom is -0.368 e. The van der Waals surface area contributed by atoms with Crippen LogP contribution in [0.4, 0.5) is 5.82 Å². The molecule has 3 rings (SSSR count). The average molecular weight is 368 g/mol. The van der Waals surface area contributed by atoms with Crippen molar-refractivity contribution in [1.29, 1.82) is 0 Å². The Morgan fingerprint density at radius 1 is 1.00 bits per heavy atom. The van der Waals surface area contributed by atoms with Crippen molar-refractivity contribution < 1.29 is 4.79 Å². The fraction of sp³-hybridized carbons (Fsp3) is 0.158. The van der Waals surface area contributed by atoms with Crippen LogP contribution in [0.2, 0.25) is 5.02 Å². The predicted molar refractivity (Wildman–Crippen MR) is 101 cm³/mol. The normalized spacial score (nSPS) is 10.3. The summed E-state index contributed by atoms with van der Waals surface area (Å²) in [6, 6.07) is 14.8. The minimum absolute atomic E-state index is 0.269. The molecule has 0 unspecified atom stereocenters. The molecule has 2 heterocycles. The summed E-state index contributed by atoms with van der Waals surface area (Å²) in [5.41, 5.74) is 2.38. The summed E-state index contributed by atoms with van der Waals surface area (Å²) in [6.45, 7) is 1.11. The summed E-state index contributed by atoms with van der Waals surface area (Å²) in [6.07, 6.45) is 4.24. The predicted octanol–water partition coefficient (Wildman–Crippen LogP) is 3.11. The Labute approximate surface area is 156 Å². The van der Waals surface area contributed by atoms with Gasteiger partial charge >= 0.3 is 0 Å². The van der Waals surface area contributed by atoms with Gasteiger partial charge in [0.15, 0.2) is 5.69 Å². The van der Waals surface area contributed by atoms with Crippen molar-refractivity contribution in [2.24, 2.45) is 0 Å². The summed E-state index contributed by atoms with van der Waals surface area (Å²) in [4.78, 5) is 16.1. The highest BCUT2D eigenvalue weighted by atomic mass is 35.5. The monoisotopic (exact) mass is 367 g/mol. The molecule has 0 aliphatic heterocycles. The molecule has 2 N–H and O–H groups in total. The number of anilines is 1. The quantitative estimate of drug-likeness (QED) is 0.670. The third-order valence-corrected chi connectivity index (χ3v) is 3.96. The zero-order valence-corrected chi connectivity index (χ0v) is 14.8. The molecule has 7 heteroatoms. The Bertz CT molecular complexity index is 838. The van der Waals surface area contributed by atoms with Crippen LogP contribution >= 0.6 is 11.6 Å². The van der Waals surface area contributed by atoms with E-state index in [1.165, 1.54) is 5.56 Å². The van der Waals surface area contributed by atoms with Crippen LogP contribution in [0.15, 0.2) is 60.9 Å². The Kier molecular flexibility index (Phi) is 6.11. The number of rotatable bonds is 7. The highest BCUT2D eigenvalue weighted by Crippen LogP contribution is 2.10. The van der Waals surface area contributed by atoms with E-state index in [1.54, 1.807) is 24.5 Å². The van der Waals surface area contributed by atoms with Gasteiger partial charge in [-0.2, -0.15) is 0 Å². The van der Waals surface area contributed by atoms with Crippen molar-refractivity contribution in [2.75, 3.05) is 11.9 Å². The number of halogens is 1. The fourth-order valence-electron chi connectivity index (χ4n) is 2.31. The van der Waals surface area contributed by atoms with Crippen molar-refractivity contribution in [3.8, 4) is 0 Å². The maximum Gasteiger partial charge on any atom is 0.272 e. The first-order chi connectivity index (χ1) is 12.7. The van der Waals surface area contributed by atoms with E-state index >= 15 is 0 Å². The summed E-state index contributed by atoms with van der Waals surface area (Å²) >= 11 is 5.87. The molecule has 6 nitrogen and oxygen atoms in total. The number of hydrogen-bond acceptors (Lipinski definition) is 5. The summed E-state index contributed by atoms with van der Waals surface area (Å²) < 4.78 is 0. The molecule has 132 valence electrons. The second kappa shape index (κ2) is 8.92. The van der Waals surface area contributed by atoms with Gasteiger partial charge in [-0.05, 0) is 47.9 Å². The minimum atomic E-state index is -0.269. The topological polar surface area (TPSA) is 79.8 Å². The van der Waals surface area contributed by atoms with E-state index in [9.17, 15) is 4.79 Å². The standard InChI is InChI=1S/C19H18ClN5O/c20-16-5-3-14(4-6-16)9-11-22-18-8-7-17(24-25-18)19(26)23-13-15-2-1-10-21-12-15/h1-8,10,12H,9,11,13H2,(H,22,25)(H,23,26). The van der Waals surface area contributed by atoms with Crippen LogP contribution in [0.3, 0.4) is 0 Å². The lowest BCUT2D eigenvalue weighted by atomic mass is 10.1. The molecule has 0 atom stereocenters. The average Bonchev–Trinajstić information content (AvgIpc) is 2.69. The van der Waals surface area contributed by atoms with Crippen LogP contribution in [0.25, 0.3) is 0 Å². The van der Waals surface area contributed by atoms with E-state index in [0.717, 1.165) is 17.0 Å². The number of hydrogen-bond donors (Lipinski definition) is 2. The molecule has 26 heavy (non-hydrogen) atoms. The molecule has 0 bridgehead atoms. The summed E-state index contributed by atoms with van der Waals surface area (Å²) in [5, 5.41) is 14.7. The van der Waals surface area contributed by atoms with E-state index in [0.29, 0.717) is 18.9 Å². The molecule has 0 aliphatic carbocycles.